The van der Waals surface area contributed by atoms with Crippen molar-refractivity contribution in [3.8, 4) is 0 Å². The highest BCUT2D eigenvalue weighted by molar-refractivity contribution is 8.03. The quantitative estimate of drug-likeness (QED) is 0.214. The minimum atomic E-state index is 0.942. The minimum absolute atomic E-state index is 0.942. The summed E-state index contributed by atoms with van der Waals surface area (Å²) in [5.41, 5.74) is 1.17. The number of allylic oxidation sites excluding steroid dienone is 4. The summed E-state index contributed by atoms with van der Waals surface area (Å²) in [5, 5.41) is 0. The molecule has 0 spiro atoms. The van der Waals surface area contributed by atoms with Crippen LogP contribution in [0.25, 0.3) is 0 Å². The normalized spacial score (nSPS) is 10.0. The third kappa shape index (κ3) is 11.8. The molecule has 0 nitrogen and oxygen atoms in total. The molecular weight excluding hydrogens is 236 g/mol. The van der Waals surface area contributed by atoms with E-state index in [1.54, 1.807) is 0 Å². The highest BCUT2D eigenvalue weighted by Gasteiger charge is 1.95. The smallest absolute Gasteiger partial charge is 0.00233 e. The van der Waals surface area contributed by atoms with Crippen LogP contribution in [0.1, 0.15) is 51.4 Å². The molecular formula is C17H28S. The summed E-state index contributed by atoms with van der Waals surface area (Å²) < 4.78 is 0. The van der Waals surface area contributed by atoms with Gasteiger partial charge in [-0.05, 0) is 36.3 Å². The van der Waals surface area contributed by atoms with E-state index in [1.807, 2.05) is 23.9 Å². The summed E-state index contributed by atoms with van der Waals surface area (Å²) in [7, 11) is 0. The molecule has 0 aliphatic heterocycles. The number of hydrogen-bond donors (Lipinski definition) is 0. The molecule has 0 unspecified atom stereocenters. The Morgan fingerprint density at radius 1 is 0.889 bits per heavy atom. The van der Waals surface area contributed by atoms with Crippen LogP contribution >= 0.6 is 11.8 Å². The molecule has 1 heteroatoms. The molecule has 0 rings (SSSR count). The summed E-state index contributed by atoms with van der Waals surface area (Å²) in [4.78, 5) is 1.24. The predicted octanol–water partition coefficient (Wildman–Crippen LogP) is 6.28. The molecule has 102 valence electrons. The van der Waals surface area contributed by atoms with Gasteiger partial charge in [0, 0.05) is 0 Å². The van der Waals surface area contributed by atoms with Gasteiger partial charge in [0.05, 0.1) is 0 Å². The highest BCUT2D eigenvalue weighted by Crippen LogP contribution is 2.19. The Labute approximate surface area is 118 Å². The van der Waals surface area contributed by atoms with Crippen LogP contribution in [0.2, 0.25) is 0 Å². The first kappa shape index (κ1) is 17.3. The largest absolute Gasteiger partial charge is 0.131 e. The van der Waals surface area contributed by atoms with Crippen LogP contribution in [0, 0.1) is 0 Å². The molecule has 0 atom stereocenters. The molecule has 0 aliphatic carbocycles. The molecule has 18 heavy (non-hydrogen) atoms. The molecule has 0 fully saturated rings. The zero-order chi connectivity index (χ0) is 13.6. The van der Waals surface area contributed by atoms with Gasteiger partial charge in [-0.2, -0.15) is 0 Å². The van der Waals surface area contributed by atoms with E-state index in [2.05, 4.69) is 26.3 Å². The summed E-state index contributed by atoms with van der Waals surface area (Å²) in [6.07, 6.45) is 13.8. The van der Waals surface area contributed by atoms with E-state index in [1.165, 1.54) is 54.8 Å². The fourth-order valence-corrected chi connectivity index (χ4v) is 2.57. The number of thioether (sulfide) groups is 1. The molecule has 0 bridgehead atoms. The molecule has 0 amide bonds. The SMILES string of the molecule is C=CCC(=C)SCCCCCCCCC(=C)C=C. The van der Waals surface area contributed by atoms with Crippen molar-refractivity contribution in [3.05, 3.63) is 48.9 Å². The lowest BCUT2D eigenvalue weighted by Gasteiger charge is -2.03. The average molecular weight is 264 g/mol. The van der Waals surface area contributed by atoms with Gasteiger partial charge in [-0.1, -0.05) is 63.1 Å². The van der Waals surface area contributed by atoms with Gasteiger partial charge in [0.25, 0.3) is 0 Å². The van der Waals surface area contributed by atoms with E-state index >= 15 is 0 Å². The maximum atomic E-state index is 4.00. The van der Waals surface area contributed by atoms with E-state index in [9.17, 15) is 0 Å². The summed E-state index contributed by atoms with van der Waals surface area (Å²) >= 11 is 1.89. The van der Waals surface area contributed by atoms with Crippen molar-refractivity contribution in [2.45, 2.75) is 51.4 Å². The fourth-order valence-electron chi connectivity index (χ4n) is 1.70. The van der Waals surface area contributed by atoms with E-state index in [0.29, 0.717) is 0 Å². The summed E-state index contributed by atoms with van der Waals surface area (Å²) in [6.45, 7) is 15.4. The van der Waals surface area contributed by atoms with Gasteiger partial charge >= 0.3 is 0 Å². The second-order valence-electron chi connectivity index (χ2n) is 4.61. The van der Waals surface area contributed by atoms with Crippen molar-refractivity contribution in [1.82, 2.24) is 0 Å². The Bertz CT molecular complexity index is 263. The Kier molecular flexibility index (Phi) is 12.3. The molecule has 0 aliphatic rings. The zero-order valence-electron chi connectivity index (χ0n) is 11.8. The van der Waals surface area contributed by atoms with Crippen molar-refractivity contribution >= 4 is 11.8 Å². The lowest BCUT2D eigenvalue weighted by molar-refractivity contribution is 0.610. The van der Waals surface area contributed by atoms with Gasteiger partial charge in [0.1, 0.15) is 0 Å². The van der Waals surface area contributed by atoms with Crippen molar-refractivity contribution in [3.63, 3.8) is 0 Å². The van der Waals surface area contributed by atoms with Gasteiger partial charge in [-0.15, -0.1) is 18.3 Å². The molecule has 0 heterocycles. The predicted molar refractivity (Wildman–Crippen MR) is 88.1 cm³/mol. The van der Waals surface area contributed by atoms with Gasteiger partial charge in [0.15, 0.2) is 0 Å². The molecule has 0 radical (unpaired) electrons. The third-order valence-corrected chi connectivity index (χ3v) is 3.93. The molecule has 0 aromatic rings. The summed E-state index contributed by atoms with van der Waals surface area (Å²) in [5.74, 6) is 1.21. The zero-order valence-corrected chi connectivity index (χ0v) is 12.6. The maximum Gasteiger partial charge on any atom is -0.00233 e. The van der Waals surface area contributed by atoms with Crippen LogP contribution in [0.3, 0.4) is 0 Å². The number of rotatable bonds is 13. The third-order valence-electron chi connectivity index (χ3n) is 2.86. The van der Waals surface area contributed by atoms with E-state index in [0.717, 1.165) is 12.8 Å². The average Bonchev–Trinajstić information content (AvgIpc) is 2.36. The van der Waals surface area contributed by atoms with Gasteiger partial charge in [-0.25, -0.2) is 0 Å². The lowest BCUT2D eigenvalue weighted by atomic mass is 10.1. The Morgan fingerprint density at radius 3 is 2.11 bits per heavy atom. The van der Waals surface area contributed by atoms with E-state index in [4.69, 9.17) is 0 Å². The standard InChI is InChI=1S/C17H28S/c1-5-13-17(4)18-15-12-10-8-7-9-11-14-16(3)6-2/h5-6H,1-4,7-15H2. The van der Waals surface area contributed by atoms with E-state index in [-0.39, 0.29) is 0 Å². The van der Waals surface area contributed by atoms with Crippen LogP contribution < -0.4 is 0 Å². The monoisotopic (exact) mass is 264 g/mol. The maximum absolute atomic E-state index is 4.00. The van der Waals surface area contributed by atoms with Crippen molar-refractivity contribution < 1.29 is 0 Å². The first-order valence-corrected chi connectivity index (χ1v) is 7.91. The molecule has 0 saturated carbocycles. The Hall–Kier alpha value is -0.690. The summed E-state index contributed by atoms with van der Waals surface area (Å²) in [6, 6.07) is 0. The van der Waals surface area contributed by atoms with Gasteiger partial charge in [-0.3, -0.25) is 0 Å². The van der Waals surface area contributed by atoms with E-state index < -0.39 is 0 Å². The molecule has 0 aromatic carbocycles. The number of hydrogen-bond acceptors (Lipinski definition) is 1. The van der Waals surface area contributed by atoms with Crippen LogP contribution in [0.5, 0.6) is 0 Å². The van der Waals surface area contributed by atoms with Crippen LogP contribution in [-0.2, 0) is 0 Å². The highest BCUT2D eigenvalue weighted by atomic mass is 32.2. The number of unbranched alkanes of at least 4 members (excludes halogenated alkanes) is 5. The lowest BCUT2D eigenvalue weighted by Crippen LogP contribution is -1.84. The topological polar surface area (TPSA) is 0 Å². The van der Waals surface area contributed by atoms with Crippen LogP contribution in [-0.4, -0.2) is 5.75 Å². The first-order valence-electron chi connectivity index (χ1n) is 6.92. The van der Waals surface area contributed by atoms with Gasteiger partial charge in [0.2, 0.25) is 0 Å². The molecule has 0 saturated heterocycles. The van der Waals surface area contributed by atoms with Crippen molar-refractivity contribution in [2.24, 2.45) is 0 Å². The second kappa shape index (κ2) is 12.8. The van der Waals surface area contributed by atoms with Gasteiger partial charge < -0.3 is 0 Å². The van der Waals surface area contributed by atoms with Crippen LogP contribution in [0.4, 0.5) is 0 Å². The Morgan fingerprint density at radius 2 is 1.50 bits per heavy atom. The molecule has 0 aromatic heterocycles. The first-order chi connectivity index (χ1) is 8.70. The van der Waals surface area contributed by atoms with Crippen molar-refractivity contribution in [2.75, 3.05) is 5.75 Å². The van der Waals surface area contributed by atoms with Crippen LogP contribution in [0.15, 0.2) is 48.9 Å². The second-order valence-corrected chi connectivity index (χ2v) is 5.89. The molecule has 0 N–H and O–H groups in total. The minimum Gasteiger partial charge on any atom is -0.131 e. The van der Waals surface area contributed by atoms with Crippen molar-refractivity contribution in [1.29, 1.82) is 0 Å². The Balaban J connectivity index is 3.16. The fraction of sp³-hybridized carbons (Fsp3) is 0.529.